The highest BCUT2D eigenvalue weighted by Gasteiger charge is 2.15. The molecule has 0 saturated heterocycles. The summed E-state index contributed by atoms with van der Waals surface area (Å²) in [5.74, 6) is 0.468. The van der Waals surface area contributed by atoms with E-state index in [-0.39, 0.29) is 0 Å². The topological polar surface area (TPSA) is 26.9 Å². The van der Waals surface area contributed by atoms with Crippen molar-refractivity contribution in [3.63, 3.8) is 0 Å². The SMILES string of the molecule is CCC[C@H](CN1C=C1)C(C)=N. The third kappa shape index (κ3) is 2.74. The normalized spacial score (nSPS) is 16.7. The molecule has 0 fully saturated rings. The molecule has 0 spiro atoms. The Morgan fingerprint density at radius 3 is 2.55 bits per heavy atom. The summed E-state index contributed by atoms with van der Waals surface area (Å²) in [7, 11) is 0. The van der Waals surface area contributed by atoms with E-state index in [2.05, 4.69) is 24.2 Å². The summed E-state index contributed by atoms with van der Waals surface area (Å²) < 4.78 is 0. The molecule has 1 N–H and O–H groups in total. The molecule has 0 amide bonds. The molecule has 0 saturated carbocycles. The maximum absolute atomic E-state index is 7.52. The summed E-state index contributed by atoms with van der Waals surface area (Å²) >= 11 is 0. The van der Waals surface area contributed by atoms with Crippen molar-refractivity contribution in [1.29, 1.82) is 5.41 Å². The van der Waals surface area contributed by atoms with Crippen LogP contribution >= 0.6 is 0 Å². The molecular weight excluding hydrogens is 136 g/mol. The largest absolute Gasteiger partial charge is 0.351 e. The maximum Gasteiger partial charge on any atom is 0.0301 e. The first-order chi connectivity index (χ1) is 5.24. The average Bonchev–Trinajstić information content (AvgIpc) is 2.70. The molecule has 11 heavy (non-hydrogen) atoms. The van der Waals surface area contributed by atoms with E-state index >= 15 is 0 Å². The van der Waals surface area contributed by atoms with E-state index in [9.17, 15) is 0 Å². The quantitative estimate of drug-likeness (QED) is 0.601. The summed E-state index contributed by atoms with van der Waals surface area (Å²) in [4.78, 5) is 2.15. The van der Waals surface area contributed by atoms with Crippen LogP contribution in [0.4, 0.5) is 0 Å². The van der Waals surface area contributed by atoms with Crippen LogP contribution in [0, 0.1) is 11.3 Å². The first-order valence-electron chi connectivity index (χ1n) is 4.23. The van der Waals surface area contributed by atoms with Gasteiger partial charge in [0.2, 0.25) is 0 Å². The molecule has 2 heteroatoms. The smallest absolute Gasteiger partial charge is 0.0301 e. The van der Waals surface area contributed by atoms with E-state index in [1.165, 1.54) is 6.42 Å². The van der Waals surface area contributed by atoms with Gasteiger partial charge >= 0.3 is 0 Å². The molecule has 0 radical (unpaired) electrons. The number of nitrogens with one attached hydrogen (secondary N) is 1. The van der Waals surface area contributed by atoms with Crippen molar-refractivity contribution >= 4 is 5.71 Å². The zero-order valence-corrected chi connectivity index (χ0v) is 7.30. The van der Waals surface area contributed by atoms with Crippen LogP contribution < -0.4 is 0 Å². The lowest BCUT2D eigenvalue weighted by Gasteiger charge is -2.15. The van der Waals surface area contributed by atoms with Crippen molar-refractivity contribution < 1.29 is 0 Å². The van der Waals surface area contributed by atoms with Crippen molar-refractivity contribution in [3.8, 4) is 0 Å². The van der Waals surface area contributed by atoms with E-state index < -0.39 is 0 Å². The molecule has 0 bridgehead atoms. The molecule has 1 aliphatic rings. The van der Waals surface area contributed by atoms with Gasteiger partial charge in [0, 0.05) is 30.6 Å². The Kier molecular flexibility index (Phi) is 2.69. The van der Waals surface area contributed by atoms with E-state index in [4.69, 9.17) is 5.41 Å². The van der Waals surface area contributed by atoms with E-state index in [0.717, 1.165) is 18.7 Å². The van der Waals surface area contributed by atoms with Gasteiger partial charge in [-0.25, -0.2) is 0 Å². The Morgan fingerprint density at radius 2 is 2.18 bits per heavy atom. The third-order valence-electron chi connectivity index (χ3n) is 2.04. The summed E-state index contributed by atoms with van der Waals surface area (Å²) in [5.41, 5.74) is 0.820. The number of nitrogens with zero attached hydrogens (tertiary/aromatic N) is 1. The molecule has 1 heterocycles. The van der Waals surface area contributed by atoms with Gasteiger partial charge in [-0.2, -0.15) is 0 Å². The zero-order chi connectivity index (χ0) is 8.27. The second kappa shape index (κ2) is 3.56. The lowest BCUT2D eigenvalue weighted by molar-refractivity contribution is 0.482. The molecule has 0 aromatic heterocycles. The highest BCUT2D eigenvalue weighted by atomic mass is 15.2. The molecule has 62 valence electrons. The van der Waals surface area contributed by atoms with Gasteiger partial charge in [-0.3, -0.25) is 0 Å². The third-order valence-corrected chi connectivity index (χ3v) is 2.04. The predicted octanol–water partition coefficient (Wildman–Crippen LogP) is 2.23. The summed E-state index contributed by atoms with van der Waals surface area (Å²) in [6.45, 7) is 5.10. The number of hydrogen-bond acceptors (Lipinski definition) is 2. The molecule has 1 rings (SSSR count). The molecule has 1 atom stereocenters. The van der Waals surface area contributed by atoms with Crippen molar-refractivity contribution in [2.24, 2.45) is 5.92 Å². The first-order valence-corrected chi connectivity index (χ1v) is 4.23. The highest BCUT2D eigenvalue weighted by Crippen LogP contribution is 2.15. The highest BCUT2D eigenvalue weighted by molar-refractivity contribution is 5.81. The van der Waals surface area contributed by atoms with Crippen LogP contribution in [0.25, 0.3) is 0 Å². The monoisotopic (exact) mass is 152 g/mol. The number of rotatable bonds is 5. The van der Waals surface area contributed by atoms with Crippen LogP contribution in [0.5, 0.6) is 0 Å². The van der Waals surface area contributed by atoms with E-state index in [1.807, 2.05) is 6.92 Å². The summed E-state index contributed by atoms with van der Waals surface area (Å²) in [6.07, 6.45) is 6.44. The Labute approximate surface area is 68.4 Å². The molecule has 2 nitrogen and oxygen atoms in total. The molecule has 1 aliphatic heterocycles. The average molecular weight is 152 g/mol. The van der Waals surface area contributed by atoms with Crippen molar-refractivity contribution in [2.45, 2.75) is 26.7 Å². The van der Waals surface area contributed by atoms with Crippen LogP contribution in [0.2, 0.25) is 0 Å². The fourth-order valence-electron chi connectivity index (χ4n) is 1.22. The van der Waals surface area contributed by atoms with E-state index in [0.29, 0.717) is 5.92 Å². The van der Waals surface area contributed by atoms with Crippen LogP contribution in [0.3, 0.4) is 0 Å². The summed E-state index contributed by atoms with van der Waals surface area (Å²) in [6, 6.07) is 0. The Bertz CT molecular complexity index is 166. The summed E-state index contributed by atoms with van der Waals surface area (Å²) in [5, 5.41) is 7.52. The van der Waals surface area contributed by atoms with Crippen LogP contribution in [0.1, 0.15) is 26.7 Å². The minimum atomic E-state index is 0.468. The van der Waals surface area contributed by atoms with Crippen molar-refractivity contribution in [2.75, 3.05) is 6.54 Å². The second-order valence-corrected chi connectivity index (χ2v) is 3.16. The standard InChI is InChI=1S/C9H16N2/c1-3-4-9(8(2)10)7-11-5-6-11/h5-6,9-10H,3-4,7H2,1-2H3/t9-/m1/s1. The van der Waals surface area contributed by atoms with Gasteiger partial charge in [0.15, 0.2) is 0 Å². The van der Waals surface area contributed by atoms with Crippen molar-refractivity contribution in [3.05, 3.63) is 12.4 Å². The fourth-order valence-corrected chi connectivity index (χ4v) is 1.22. The van der Waals surface area contributed by atoms with Crippen molar-refractivity contribution in [1.82, 2.24) is 4.90 Å². The van der Waals surface area contributed by atoms with Crippen LogP contribution in [-0.4, -0.2) is 17.2 Å². The van der Waals surface area contributed by atoms with Crippen LogP contribution in [0.15, 0.2) is 12.4 Å². The van der Waals surface area contributed by atoms with E-state index in [1.54, 1.807) is 0 Å². The van der Waals surface area contributed by atoms with Crippen LogP contribution in [-0.2, 0) is 0 Å². The van der Waals surface area contributed by atoms with Gasteiger partial charge in [0.1, 0.15) is 0 Å². The molecule has 0 aromatic carbocycles. The maximum atomic E-state index is 7.52. The Hall–Kier alpha value is -0.790. The predicted molar refractivity (Wildman–Crippen MR) is 47.6 cm³/mol. The lowest BCUT2D eigenvalue weighted by Crippen LogP contribution is -2.19. The molecule has 0 aromatic rings. The molecule has 0 unspecified atom stereocenters. The van der Waals surface area contributed by atoms with Gasteiger partial charge in [-0.1, -0.05) is 13.3 Å². The number of hydrogen-bond donors (Lipinski definition) is 1. The molecule has 0 aliphatic carbocycles. The fraction of sp³-hybridized carbons (Fsp3) is 0.667. The van der Waals surface area contributed by atoms with Gasteiger partial charge in [-0.05, 0) is 13.3 Å². The first kappa shape index (κ1) is 8.31. The second-order valence-electron chi connectivity index (χ2n) is 3.16. The Morgan fingerprint density at radius 1 is 1.55 bits per heavy atom. The molecular formula is C9H16N2. The minimum absolute atomic E-state index is 0.468. The lowest BCUT2D eigenvalue weighted by atomic mass is 9.99. The van der Waals surface area contributed by atoms with Gasteiger partial charge in [0.25, 0.3) is 0 Å². The Balaban J connectivity index is 2.25. The minimum Gasteiger partial charge on any atom is -0.351 e. The van der Waals surface area contributed by atoms with Gasteiger partial charge in [-0.15, -0.1) is 0 Å². The van der Waals surface area contributed by atoms with Gasteiger partial charge < -0.3 is 10.3 Å². The zero-order valence-electron chi connectivity index (χ0n) is 7.30. The van der Waals surface area contributed by atoms with Gasteiger partial charge in [0.05, 0.1) is 0 Å².